The first kappa shape index (κ1) is 20.2. The van der Waals surface area contributed by atoms with Crippen molar-refractivity contribution in [2.24, 2.45) is 0 Å². The lowest BCUT2D eigenvalue weighted by molar-refractivity contribution is 0.0469. The van der Waals surface area contributed by atoms with Crippen LogP contribution in [0.5, 0.6) is 11.5 Å². The fourth-order valence-corrected chi connectivity index (χ4v) is 4.23. The number of esters is 1. The summed E-state index contributed by atoms with van der Waals surface area (Å²) in [5.41, 5.74) is 2.11. The molecule has 2 aromatic heterocycles. The van der Waals surface area contributed by atoms with E-state index in [0.29, 0.717) is 28.6 Å². The van der Waals surface area contributed by atoms with Crippen molar-refractivity contribution in [1.82, 2.24) is 9.97 Å². The van der Waals surface area contributed by atoms with Gasteiger partial charge < -0.3 is 19.1 Å². The van der Waals surface area contributed by atoms with E-state index in [9.17, 15) is 4.79 Å². The van der Waals surface area contributed by atoms with Gasteiger partial charge >= 0.3 is 5.97 Å². The molecule has 0 atom stereocenters. The lowest BCUT2D eigenvalue weighted by atomic mass is 10.2. The van der Waals surface area contributed by atoms with Gasteiger partial charge in [-0.05, 0) is 43.2 Å². The molecule has 1 aliphatic heterocycles. The van der Waals surface area contributed by atoms with Crippen LogP contribution in [0.15, 0.2) is 41.9 Å². The topological polar surface area (TPSA) is 73.8 Å². The predicted molar refractivity (Wildman–Crippen MR) is 115 cm³/mol. The third-order valence-corrected chi connectivity index (χ3v) is 5.89. The first-order chi connectivity index (χ1) is 14.7. The Balaban J connectivity index is 1.45. The van der Waals surface area contributed by atoms with Crippen LogP contribution in [0.2, 0.25) is 0 Å². The summed E-state index contributed by atoms with van der Waals surface area (Å²) in [6.07, 6.45) is 3.94. The second-order valence-corrected chi connectivity index (χ2v) is 7.72. The smallest absolute Gasteiger partial charge is 0.342 e. The number of benzene rings is 1. The minimum absolute atomic E-state index is 0.108. The van der Waals surface area contributed by atoms with Crippen LogP contribution < -0.4 is 14.4 Å². The molecule has 7 nitrogen and oxygen atoms in total. The fourth-order valence-electron chi connectivity index (χ4n) is 3.43. The zero-order valence-electron chi connectivity index (χ0n) is 17.0. The van der Waals surface area contributed by atoms with Crippen LogP contribution >= 0.6 is 11.3 Å². The summed E-state index contributed by atoms with van der Waals surface area (Å²) in [7, 11) is 3.20. The van der Waals surface area contributed by atoms with Crippen molar-refractivity contribution in [1.29, 1.82) is 0 Å². The molecule has 0 radical (unpaired) electrons. The number of carbonyl (C=O) groups excluding carboxylic acids is 1. The molecule has 0 unspecified atom stereocenters. The van der Waals surface area contributed by atoms with Crippen LogP contribution in [0.4, 0.5) is 5.82 Å². The number of rotatable bonds is 7. The lowest BCUT2D eigenvalue weighted by Crippen LogP contribution is -2.22. The Morgan fingerprint density at radius 2 is 1.93 bits per heavy atom. The fraction of sp³-hybridized carbons (Fsp3) is 0.318. The number of thiazole rings is 1. The van der Waals surface area contributed by atoms with Crippen molar-refractivity contribution < 1.29 is 19.0 Å². The van der Waals surface area contributed by atoms with E-state index in [1.54, 1.807) is 32.5 Å². The van der Waals surface area contributed by atoms with Gasteiger partial charge in [-0.1, -0.05) is 0 Å². The van der Waals surface area contributed by atoms with Crippen LogP contribution in [0.1, 0.15) is 28.9 Å². The quantitative estimate of drug-likeness (QED) is 0.526. The molecule has 0 bridgehead atoms. The second-order valence-electron chi connectivity index (χ2n) is 6.86. The van der Waals surface area contributed by atoms with E-state index >= 15 is 0 Å². The number of hydrogen-bond donors (Lipinski definition) is 0. The van der Waals surface area contributed by atoms with Crippen molar-refractivity contribution >= 4 is 23.1 Å². The molecule has 156 valence electrons. The number of ether oxygens (including phenoxy) is 3. The maximum Gasteiger partial charge on any atom is 0.342 e. The van der Waals surface area contributed by atoms with Gasteiger partial charge in [0, 0.05) is 30.2 Å². The molecule has 30 heavy (non-hydrogen) atoms. The normalized spacial score (nSPS) is 13.3. The average molecular weight is 426 g/mol. The molecule has 1 aromatic carbocycles. The largest absolute Gasteiger partial charge is 0.493 e. The predicted octanol–water partition coefficient (Wildman–Crippen LogP) is 4.18. The SMILES string of the molecule is COc1ccc(-c2nc(COC(=O)c3cccnc3N3CCCC3)cs2)cc1OC. The Hall–Kier alpha value is -3.13. The summed E-state index contributed by atoms with van der Waals surface area (Å²) >= 11 is 1.49. The maximum absolute atomic E-state index is 12.7. The molecule has 3 heterocycles. The van der Waals surface area contributed by atoms with Crippen LogP contribution in [-0.2, 0) is 11.3 Å². The second kappa shape index (κ2) is 9.13. The highest BCUT2D eigenvalue weighted by Crippen LogP contribution is 2.33. The van der Waals surface area contributed by atoms with E-state index in [1.165, 1.54) is 11.3 Å². The molecule has 0 amide bonds. The minimum atomic E-state index is -0.384. The summed E-state index contributed by atoms with van der Waals surface area (Å²) in [5.74, 6) is 1.62. The van der Waals surface area contributed by atoms with E-state index in [4.69, 9.17) is 14.2 Å². The molecule has 8 heteroatoms. The molecule has 1 fully saturated rings. The lowest BCUT2D eigenvalue weighted by Gasteiger charge is -2.18. The molecular weight excluding hydrogens is 402 g/mol. The summed E-state index contributed by atoms with van der Waals surface area (Å²) in [6, 6.07) is 9.17. The van der Waals surface area contributed by atoms with Gasteiger partial charge in [-0.25, -0.2) is 14.8 Å². The molecule has 0 aliphatic carbocycles. The molecule has 0 N–H and O–H groups in total. The third-order valence-electron chi connectivity index (χ3n) is 4.95. The van der Waals surface area contributed by atoms with Crippen molar-refractivity contribution in [3.8, 4) is 22.1 Å². The highest BCUT2D eigenvalue weighted by molar-refractivity contribution is 7.13. The average Bonchev–Trinajstić information content (AvgIpc) is 3.49. The highest BCUT2D eigenvalue weighted by atomic mass is 32.1. The van der Waals surface area contributed by atoms with E-state index < -0.39 is 0 Å². The minimum Gasteiger partial charge on any atom is -0.493 e. The van der Waals surface area contributed by atoms with Crippen LogP contribution in [0.25, 0.3) is 10.6 Å². The van der Waals surface area contributed by atoms with E-state index in [-0.39, 0.29) is 12.6 Å². The molecule has 1 saturated heterocycles. The summed E-state index contributed by atoms with van der Waals surface area (Å²) < 4.78 is 16.2. The van der Waals surface area contributed by atoms with Gasteiger partial charge in [0.1, 0.15) is 23.0 Å². The Bertz CT molecular complexity index is 1030. The van der Waals surface area contributed by atoms with Crippen LogP contribution in [-0.4, -0.2) is 43.2 Å². The molecule has 3 aromatic rings. The van der Waals surface area contributed by atoms with Gasteiger partial charge in [0.25, 0.3) is 0 Å². The summed E-state index contributed by atoms with van der Waals surface area (Å²) in [4.78, 5) is 23.8. The molecule has 0 saturated carbocycles. The third kappa shape index (κ3) is 4.23. The molecule has 4 rings (SSSR count). The maximum atomic E-state index is 12.7. The van der Waals surface area contributed by atoms with Gasteiger partial charge in [-0.3, -0.25) is 0 Å². The zero-order chi connectivity index (χ0) is 20.9. The number of anilines is 1. The Labute approximate surface area is 179 Å². The van der Waals surface area contributed by atoms with Crippen LogP contribution in [0, 0.1) is 0 Å². The number of nitrogens with zero attached hydrogens (tertiary/aromatic N) is 3. The summed E-state index contributed by atoms with van der Waals surface area (Å²) in [6.45, 7) is 1.94. The first-order valence-corrected chi connectivity index (χ1v) is 10.6. The number of hydrogen-bond acceptors (Lipinski definition) is 8. The highest BCUT2D eigenvalue weighted by Gasteiger charge is 2.21. The molecular formula is C22H23N3O4S. The van der Waals surface area contributed by atoms with Crippen molar-refractivity contribution in [3.05, 3.63) is 53.2 Å². The van der Waals surface area contributed by atoms with Gasteiger partial charge in [-0.2, -0.15) is 0 Å². The van der Waals surface area contributed by atoms with Gasteiger partial charge in [0.05, 0.1) is 19.9 Å². The van der Waals surface area contributed by atoms with Crippen molar-refractivity contribution in [3.63, 3.8) is 0 Å². The van der Waals surface area contributed by atoms with E-state index in [1.807, 2.05) is 23.6 Å². The Morgan fingerprint density at radius 1 is 1.13 bits per heavy atom. The van der Waals surface area contributed by atoms with E-state index in [0.717, 1.165) is 36.5 Å². The monoisotopic (exact) mass is 425 g/mol. The van der Waals surface area contributed by atoms with Gasteiger partial charge in [0.15, 0.2) is 11.5 Å². The standard InChI is InChI=1S/C22H23N3O4S/c1-27-18-8-7-15(12-19(18)28-2)21-24-16(14-30-21)13-29-22(26)17-6-5-9-23-20(17)25-10-3-4-11-25/h5-9,12,14H,3-4,10-11,13H2,1-2H3. The number of carbonyl (C=O) groups is 1. The van der Waals surface area contributed by atoms with E-state index in [2.05, 4.69) is 14.9 Å². The first-order valence-electron chi connectivity index (χ1n) is 9.73. The van der Waals surface area contributed by atoms with Crippen molar-refractivity contribution in [2.75, 3.05) is 32.2 Å². The Kier molecular flexibility index (Phi) is 6.13. The zero-order valence-corrected chi connectivity index (χ0v) is 17.8. The summed E-state index contributed by atoms with van der Waals surface area (Å²) in [5, 5.41) is 2.71. The van der Waals surface area contributed by atoms with Crippen molar-refractivity contribution in [2.45, 2.75) is 19.4 Å². The van der Waals surface area contributed by atoms with Gasteiger partial charge in [-0.15, -0.1) is 11.3 Å². The Morgan fingerprint density at radius 3 is 2.70 bits per heavy atom. The number of pyridine rings is 1. The number of aromatic nitrogens is 2. The van der Waals surface area contributed by atoms with Crippen LogP contribution in [0.3, 0.4) is 0 Å². The van der Waals surface area contributed by atoms with Gasteiger partial charge in [0.2, 0.25) is 0 Å². The molecule has 0 spiro atoms. The number of methoxy groups -OCH3 is 2. The molecule has 1 aliphatic rings.